The fourth-order valence-electron chi connectivity index (χ4n) is 4.32. The van der Waals surface area contributed by atoms with Crippen LogP contribution in [-0.2, 0) is 0 Å². The van der Waals surface area contributed by atoms with Crippen molar-refractivity contribution in [1.29, 1.82) is 0 Å². The van der Waals surface area contributed by atoms with Crippen LogP contribution in [-0.4, -0.2) is 34.2 Å². The fourth-order valence-corrected chi connectivity index (χ4v) is 4.32. The van der Waals surface area contributed by atoms with E-state index < -0.39 is 0 Å². The zero-order valence-electron chi connectivity index (χ0n) is 17.3. The van der Waals surface area contributed by atoms with Crippen molar-refractivity contribution in [3.05, 3.63) is 89.0 Å². The summed E-state index contributed by atoms with van der Waals surface area (Å²) < 4.78 is 15.3. The average molecular weight is 404 g/mol. The molecule has 0 N–H and O–H groups in total. The molecule has 0 aliphatic carbocycles. The van der Waals surface area contributed by atoms with Gasteiger partial charge in [0, 0.05) is 41.6 Å². The third kappa shape index (κ3) is 3.80. The van der Waals surface area contributed by atoms with Crippen molar-refractivity contribution in [3.63, 3.8) is 0 Å². The highest BCUT2D eigenvalue weighted by molar-refractivity contribution is 5.99. The Labute approximate surface area is 175 Å². The molecule has 1 saturated heterocycles. The number of Topliss-reactive ketones (excluding diaryl/α,β-unsaturated/α-hetero) is 1. The van der Waals surface area contributed by atoms with E-state index in [0.29, 0.717) is 31.5 Å². The lowest BCUT2D eigenvalue weighted by Gasteiger charge is -2.31. The highest BCUT2D eigenvalue weighted by Crippen LogP contribution is 2.26. The number of carbonyl (C=O) groups excluding carboxylic acids is 2. The molecule has 1 fully saturated rings. The molecule has 0 saturated carbocycles. The number of piperidine rings is 1. The van der Waals surface area contributed by atoms with Crippen LogP contribution in [0.15, 0.2) is 60.7 Å². The molecular weight excluding hydrogens is 379 g/mol. The Morgan fingerprint density at radius 3 is 2.20 bits per heavy atom. The smallest absolute Gasteiger partial charge is 0.255 e. The zero-order valence-corrected chi connectivity index (χ0v) is 17.3. The zero-order chi connectivity index (χ0) is 21.3. The van der Waals surface area contributed by atoms with Gasteiger partial charge in [0.25, 0.3) is 5.91 Å². The average Bonchev–Trinajstić information content (AvgIpc) is 3.08. The van der Waals surface area contributed by atoms with Gasteiger partial charge in [-0.15, -0.1) is 0 Å². The van der Waals surface area contributed by atoms with Crippen molar-refractivity contribution < 1.29 is 14.0 Å². The molecule has 5 heteroatoms. The minimum atomic E-state index is -0.287. The molecule has 1 aromatic heterocycles. The summed E-state index contributed by atoms with van der Waals surface area (Å²) in [4.78, 5) is 27.7. The van der Waals surface area contributed by atoms with Crippen LogP contribution in [0, 0.1) is 25.6 Å². The number of carbonyl (C=O) groups is 2. The summed E-state index contributed by atoms with van der Waals surface area (Å²) in [5, 5.41) is 0. The number of nitrogens with zero attached hydrogens (tertiary/aromatic N) is 2. The van der Waals surface area contributed by atoms with Crippen LogP contribution < -0.4 is 0 Å². The molecule has 0 bridgehead atoms. The number of benzene rings is 2. The highest BCUT2D eigenvalue weighted by atomic mass is 19.1. The van der Waals surface area contributed by atoms with E-state index in [4.69, 9.17) is 0 Å². The van der Waals surface area contributed by atoms with Crippen molar-refractivity contribution in [2.24, 2.45) is 5.92 Å². The van der Waals surface area contributed by atoms with E-state index in [0.717, 1.165) is 22.6 Å². The minimum absolute atomic E-state index is 0.0120. The summed E-state index contributed by atoms with van der Waals surface area (Å²) in [5.41, 5.74) is 4.00. The highest BCUT2D eigenvalue weighted by Gasteiger charge is 2.29. The maximum atomic E-state index is 13.3. The van der Waals surface area contributed by atoms with Crippen molar-refractivity contribution in [2.45, 2.75) is 26.7 Å². The number of rotatable bonds is 4. The van der Waals surface area contributed by atoms with Crippen LogP contribution in [0.2, 0.25) is 0 Å². The molecule has 2 heterocycles. The largest absolute Gasteiger partial charge is 0.339 e. The Morgan fingerprint density at radius 1 is 0.933 bits per heavy atom. The SMILES string of the molecule is Cc1cc(C(=O)N2CCC(C(=O)c3ccccc3)CC2)c(C)n1-c1ccc(F)cc1. The quantitative estimate of drug-likeness (QED) is 0.576. The van der Waals surface area contributed by atoms with E-state index >= 15 is 0 Å². The Morgan fingerprint density at radius 2 is 1.57 bits per heavy atom. The summed E-state index contributed by atoms with van der Waals surface area (Å²) in [6.07, 6.45) is 1.35. The molecule has 154 valence electrons. The van der Waals surface area contributed by atoms with Gasteiger partial charge in [-0.05, 0) is 57.0 Å². The Hall–Kier alpha value is -3.21. The number of aryl methyl sites for hydroxylation is 1. The first-order chi connectivity index (χ1) is 14.5. The van der Waals surface area contributed by atoms with Crippen LogP contribution in [0.5, 0.6) is 0 Å². The second kappa shape index (κ2) is 8.27. The van der Waals surface area contributed by atoms with E-state index in [2.05, 4.69) is 0 Å². The standard InChI is InChI=1S/C25H25FN2O2/c1-17-16-23(18(2)28(17)22-10-8-21(26)9-11-22)25(30)27-14-12-20(13-15-27)24(29)19-6-4-3-5-7-19/h3-11,16,20H,12-15H2,1-2H3. The predicted octanol–water partition coefficient (Wildman–Crippen LogP) is 4.97. The lowest BCUT2D eigenvalue weighted by atomic mass is 9.88. The van der Waals surface area contributed by atoms with Gasteiger partial charge in [0.2, 0.25) is 0 Å². The van der Waals surface area contributed by atoms with Gasteiger partial charge < -0.3 is 9.47 Å². The fraction of sp³-hybridized carbons (Fsp3) is 0.280. The van der Waals surface area contributed by atoms with Gasteiger partial charge in [-0.1, -0.05) is 30.3 Å². The molecule has 1 aliphatic rings. The van der Waals surface area contributed by atoms with Gasteiger partial charge in [0.15, 0.2) is 5.78 Å². The van der Waals surface area contributed by atoms with Crippen molar-refractivity contribution in [2.75, 3.05) is 13.1 Å². The molecule has 0 spiro atoms. The first-order valence-electron chi connectivity index (χ1n) is 10.3. The maximum Gasteiger partial charge on any atom is 0.255 e. The topological polar surface area (TPSA) is 42.3 Å². The Balaban J connectivity index is 1.48. The molecular formula is C25H25FN2O2. The van der Waals surface area contributed by atoms with Crippen LogP contribution >= 0.6 is 0 Å². The first-order valence-corrected chi connectivity index (χ1v) is 10.3. The number of aromatic nitrogens is 1. The molecule has 0 unspecified atom stereocenters. The summed E-state index contributed by atoms with van der Waals surface area (Å²) in [6, 6.07) is 17.5. The van der Waals surface area contributed by atoms with Crippen LogP contribution in [0.4, 0.5) is 4.39 Å². The third-order valence-corrected chi connectivity index (χ3v) is 5.96. The van der Waals surface area contributed by atoms with Crippen molar-refractivity contribution >= 4 is 11.7 Å². The molecule has 2 aromatic carbocycles. The molecule has 1 aliphatic heterocycles. The molecule has 4 nitrogen and oxygen atoms in total. The normalized spacial score (nSPS) is 14.7. The summed E-state index contributed by atoms with van der Waals surface area (Å²) in [6.45, 7) is 5.00. The number of hydrogen-bond donors (Lipinski definition) is 0. The molecule has 30 heavy (non-hydrogen) atoms. The van der Waals surface area contributed by atoms with E-state index in [1.807, 2.05) is 59.7 Å². The molecule has 1 amide bonds. The van der Waals surface area contributed by atoms with Crippen LogP contribution in [0.25, 0.3) is 5.69 Å². The number of hydrogen-bond acceptors (Lipinski definition) is 2. The monoisotopic (exact) mass is 404 g/mol. The molecule has 3 aromatic rings. The van der Waals surface area contributed by atoms with Gasteiger partial charge in [-0.3, -0.25) is 9.59 Å². The van der Waals surface area contributed by atoms with Gasteiger partial charge in [-0.2, -0.15) is 0 Å². The molecule has 4 rings (SSSR count). The molecule has 0 atom stereocenters. The van der Waals surface area contributed by atoms with E-state index in [1.54, 1.807) is 12.1 Å². The van der Waals surface area contributed by atoms with Crippen LogP contribution in [0.1, 0.15) is 44.9 Å². The number of likely N-dealkylation sites (tertiary alicyclic amines) is 1. The number of amides is 1. The van der Waals surface area contributed by atoms with Crippen molar-refractivity contribution in [1.82, 2.24) is 9.47 Å². The summed E-state index contributed by atoms with van der Waals surface area (Å²) in [5.74, 6) is -0.173. The van der Waals surface area contributed by atoms with Gasteiger partial charge in [-0.25, -0.2) is 4.39 Å². The lowest BCUT2D eigenvalue weighted by molar-refractivity contribution is 0.0649. The van der Waals surface area contributed by atoms with Gasteiger partial charge in [0.1, 0.15) is 5.82 Å². The van der Waals surface area contributed by atoms with Crippen LogP contribution in [0.3, 0.4) is 0 Å². The third-order valence-electron chi connectivity index (χ3n) is 5.96. The second-order valence-electron chi connectivity index (χ2n) is 7.89. The summed E-state index contributed by atoms with van der Waals surface area (Å²) in [7, 11) is 0. The Bertz CT molecular complexity index is 1060. The number of ketones is 1. The second-order valence-corrected chi connectivity index (χ2v) is 7.89. The lowest BCUT2D eigenvalue weighted by Crippen LogP contribution is -2.40. The number of halogens is 1. The van der Waals surface area contributed by atoms with E-state index in [1.165, 1.54) is 12.1 Å². The first kappa shape index (κ1) is 20.1. The summed E-state index contributed by atoms with van der Waals surface area (Å²) >= 11 is 0. The molecule has 0 radical (unpaired) electrons. The maximum absolute atomic E-state index is 13.3. The van der Waals surface area contributed by atoms with E-state index in [-0.39, 0.29) is 23.4 Å². The van der Waals surface area contributed by atoms with E-state index in [9.17, 15) is 14.0 Å². The predicted molar refractivity (Wildman–Crippen MR) is 115 cm³/mol. The van der Waals surface area contributed by atoms with Crippen molar-refractivity contribution in [3.8, 4) is 5.69 Å². The van der Waals surface area contributed by atoms with Gasteiger partial charge in [0.05, 0.1) is 5.56 Å². The minimum Gasteiger partial charge on any atom is -0.339 e. The van der Waals surface area contributed by atoms with Gasteiger partial charge >= 0.3 is 0 Å². The Kier molecular flexibility index (Phi) is 5.53.